The Morgan fingerprint density at radius 1 is 1.27 bits per heavy atom. The predicted octanol–water partition coefficient (Wildman–Crippen LogP) is 3.55. The van der Waals surface area contributed by atoms with Gasteiger partial charge in [-0.1, -0.05) is 0 Å². The van der Waals surface area contributed by atoms with Gasteiger partial charge in [0.1, 0.15) is 11.6 Å². The Morgan fingerprint density at radius 3 is 2.45 bits per heavy atom. The summed E-state index contributed by atoms with van der Waals surface area (Å²) < 4.78 is 7.07. The average Bonchev–Trinajstić information content (AvgIpc) is 2.72. The van der Waals surface area contributed by atoms with Gasteiger partial charge in [-0.2, -0.15) is 0 Å². The fraction of sp³-hybridized carbons (Fsp3) is 0.412. The average molecular weight is 303 g/mol. The maximum absolute atomic E-state index is 12.1. The highest BCUT2D eigenvalue weighted by molar-refractivity contribution is 5.96. The molecule has 1 atom stereocenters. The molecule has 1 N–H and O–H groups in total. The molecule has 0 aliphatic heterocycles. The summed E-state index contributed by atoms with van der Waals surface area (Å²) in [6.45, 7) is 8.98. The third-order valence-corrected chi connectivity index (χ3v) is 3.44. The largest absolute Gasteiger partial charge is 0.480 e. The number of aliphatic carboxylic acids is 1. The van der Waals surface area contributed by atoms with Gasteiger partial charge in [0.15, 0.2) is 0 Å². The number of fused-ring (bicyclic) bond motifs is 1. The standard InChI is InChI=1S/C17H21NO4/c1-10-9-18(11(2)15(19)20)14-7-6-12(8-13(10)14)16(21)22-17(3,4)5/h6-9,11H,1-5H3,(H,19,20). The van der Waals surface area contributed by atoms with Gasteiger partial charge in [0, 0.05) is 17.1 Å². The summed E-state index contributed by atoms with van der Waals surface area (Å²) in [4.78, 5) is 23.3. The van der Waals surface area contributed by atoms with Crippen LogP contribution in [0.1, 0.15) is 49.7 Å². The van der Waals surface area contributed by atoms with E-state index in [4.69, 9.17) is 4.74 Å². The number of carboxylic acid groups (broad SMARTS) is 1. The molecule has 1 aromatic heterocycles. The van der Waals surface area contributed by atoms with E-state index in [0.717, 1.165) is 16.5 Å². The lowest BCUT2D eigenvalue weighted by atomic mass is 10.1. The molecular weight excluding hydrogens is 282 g/mol. The highest BCUT2D eigenvalue weighted by Crippen LogP contribution is 2.26. The first-order valence-corrected chi connectivity index (χ1v) is 7.17. The fourth-order valence-electron chi connectivity index (χ4n) is 2.33. The topological polar surface area (TPSA) is 68.5 Å². The van der Waals surface area contributed by atoms with E-state index in [2.05, 4.69) is 0 Å². The smallest absolute Gasteiger partial charge is 0.338 e. The molecule has 0 bridgehead atoms. The van der Waals surface area contributed by atoms with Crippen molar-refractivity contribution in [3.63, 3.8) is 0 Å². The fourth-order valence-corrected chi connectivity index (χ4v) is 2.33. The first-order chi connectivity index (χ1) is 10.1. The van der Waals surface area contributed by atoms with Gasteiger partial charge < -0.3 is 14.4 Å². The van der Waals surface area contributed by atoms with Crippen molar-refractivity contribution in [1.82, 2.24) is 4.57 Å². The van der Waals surface area contributed by atoms with Crippen LogP contribution >= 0.6 is 0 Å². The highest BCUT2D eigenvalue weighted by Gasteiger charge is 2.20. The van der Waals surface area contributed by atoms with Gasteiger partial charge >= 0.3 is 11.9 Å². The molecule has 0 aliphatic rings. The minimum absolute atomic E-state index is 0.382. The molecule has 0 fully saturated rings. The number of esters is 1. The Morgan fingerprint density at radius 2 is 1.91 bits per heavy atom. The van der Waals surface area contributed by atoms with Crippen LogP contribution in [0.4, 0.5) is 0 Å². The Balaban J connectivity index is 2.46. The summed E-state index contributed by atoms with van der Waals surface area (Å²) in [6, 6.07) is 4.52. The second kappa shape index (κ2) is 5.48. The Labute approximate surface area is 129 Å². The van der Waals surface area contributed by atoms with Crippen LogP contribution in [0, 0.1) is 6.92 Å². The number of aryl methyl sites for hydroxylation is 1. The lowest BCUT2D eigenvalue weighted by Gasteiger charge is -2.19. The second-order valence-corrected chi connectivity index (χ2v) is 6.47. The lowest BCUT2D eigenvalue weighted by molar-refractivity contribution is -0.140. The maximum Gasteiger partial charge on any atom is 0.338 e. The zero-order valence-electron chi connectivity index (χ0n) is 13.5. The van der Waals surface area contributed by atoms with Gasteiger partial charge in [-0.15, -0.1) is 0 Å². The minimum atomic E-state index is -0.895. The monoisotopic (exact) mass is 303 g/mol. The molecule has 0 saturated heterocycles. The molecule has 5 nitrogen and oxygen atoms in total. The van der Waals surface area contributed by atoms with Gasteiger partial charge in [0.25, 0.3) is 0 Å². The third kappa shape index (κ3) is 3.13. The number of ether oxygens (including phenoxy) is 1. The summed E-state index contributed by atoms with van der Waals surface area (Å²) >= 11 is 0. The quantitative estimate of drug-likeness (QED) is 0.880. The number of rotatable bonds is 3. The van der Waals surface area contributed by atoms with Gasteiger partial charge in [-0.05, 0) is 58.4 Å². The van der Waals surface area contributed by atoms with E-state index in [1.165, 1.54) is 0 Å². The molecule has 2 aromatic rings. The molecular formula is C17H21NO4. The summed E-state index contributed by atoms with van der Waals surface area (Å²) in [5, 5.41) is 10.0. The van der Waals surface area contributed by atoms with Crippen LogP contribution in [0.2, 0.25) is 0 Å². The van der Waals surface area contributed by atoms with Crippen molar-refractivity contribution in [1.29, 1.82) is 0 Å². The molecule has 0 radical (unpaired) electrons. The van der Waals surface area contributed by atoms with Crippen molar-refractivity contribution in [2.45, 2.75) is 46.3 Å². The van der Waals surface area contributed by atoms with Crippen molar-refractivity contribution in [2.75, 3.05) is 0 Å². The third-order valence-electron chi connectivity index (χ3n) is 3.44. The molecule has 118 valence electrons. The van der Waals surface area contributed by atoms with E-state index >= 15 is 0 Å². The van der Waals surface area contributed by atoms with Crippen LogP contribution in [-0.4, -0.2) is 27.2 Å². The highest BCUT2D eigenvalue weighted by atomic mass is 16.6. The number of carboxylic acids is 1. The predicted molar refractivity (Wildman–Crippen MR) is 84.2 cm³/mol. The van der Waals surface area contributed by atoms with E-state index in [1.54, 1.807) is 35.9 Å². The first kappa shape index (κ1) is 16.1. The van der Waals surface area contributed by atoms with Crippen LogP contribution in [0.3, 0.4) is 0 Å². The Kier molecular flexibility index (Phi) is 4.00. The van der Waals surface area contributed by atoms with Gasteiger partial charge in [-0.25, -0.2) is 9.59 Å². The number of aromatic nitrogens is 1. The molecule has 5 heteroatoms. The maximum atomic E-state index is 12.1. The van der Waals surface area contributed by atoms with Crippen molar-refractivity contribution < 1.29 is 19.4 Å². The normalized spacial score (nSPS) is 13.1. The molecule has 2 rings (SSSR count). The zero-order valence-corrected chi connectivity index (χ0v) is 13.5. The van der Waals surface area contributed by atoms with Crippen LogP contribution in [0.15, 0.2) is 24.4 Å². The van der Waals surface area contributed by atoms with Crippen molar-refractivity contribution in [2.24, 2.45) is 0 Å². The number of hydrogen-bond donors (Lipinski definition) is 1. The Bertz CT molecular complexity index is 737. The van der Waals surface area contributed by atoms with Crippen molar-refractivity contribution in [3.8, 4) is 0 Å². The number of carbonyl (C=O) groups is 2. The molecule has 0 spiro atoms. The Hall–Kier alpha value is -2.30. The number of nitrogens with zero attached hydrogens (tertiary/aromatic N) is 1. The summed E-state index contributed by atoms with van der Waals surface area (Å²) in [6.07, 6.45) is 1.79. The van der Waals surface area contributed by atoms with Crippen LogP contribution in [0.25, 0.3) is 10.9 Å². The van der Waals surface area contributed by atoms with E-state index in [-0.39, 0.29) is 5.97 Å². The van der Waals surface area contributed by atoms with E-state index in [1.807, 2.05) is 27.7 Å². The van der Waals surface area contributed by atoms with Gasteiger partial charge in [-0.3, -0.25) is 0 Å². The van der Waals surface area contributed by atoms with E-state index in [9.17, 15) is 14.7 Å². The summed E-state index contributed by atoms with van der Waals surface area (Å²) in [5.74, 6) is -1.28. The molecule has 0 saturated carbocycles. The van der Waals surface area contributed by atoms with Crippen molar-refractivity contribution in [3.05, 3.63) is 35.5 Å². The minimum Gasteiger partial charge on any atom is -0.480 e. The first-order valence-electron chi connectivity index (χ1n) is 7.17. The molecule has 0 aliphatic carbocycles. The molecule has 0 amide bonds. The summed E-state index contributed by atoms with van der Waals surface area (Å²) in [7, 11) is 0. The molecule has 1 unspecified atom stereocenters. The van der Waals surface area contributed by atoms with Crippen LogP contribution in [-0.2, 0) is 9.53 Å². The summed E-state index contributed by atoms with van der Waals surface area (Å²) in [5.41, 5.74) is 1.63. The van der Waals surface area contributed by atoms with Gasteiger partial charge in [0.2, 0.25) is 0 Å². The zero-order chi connectivity index (χ0) is 16.7. The number of carbonyl (C=O) groups excluding carboxylic acids is 1. The molecule has 1 heterocycles. The molecule has 22 heavy (non-hydrogen) atoms. The SMILES string of the molecule is Cc1cn(C(C)C(=O)O)c2ccc(C(=O)OC(C)(C)C)cc12. The van der Waals surface area contributed by atoms with Crippen LogP contribution < -0.4 is 0 Å². The van der Waals surface area contributed by atoms with Gasteiger partial charge in [0.05, 0.1) is 5.56 Å². The number of hydrogen-bond acceptors (Lipinski definition) is 3. The number of benzene rings is 1. The van der Waals surface area contributed by atoms with Crippen LogP contribution in [0.5, 0.6) is 0 Å². The van der Waals surface area contributed by atoms with Crippen molar-refractivity contribution >= 4 is 22.8 Å². The van der Waals surface area contributed by atoms with E-state index in [0.29, 0.717) is 5.56 Å². The second-order valence-electron chi connectivity index (χ2n) is 6.47. The molecule has 1 aromatic carbocycles. The lowest BCUT2D eigenvalue weighted by Crippen LogP contribution is -2.23. The van der Waals surface area contributed by atoms with E-state index < -0.39 is 17.6 Å².